The highest BCUT2D eigenvalue weighted by Gasteiger charge is 2.11. The Labute approximate surface area is 114 Å². The van der Waals surface area contributed by atoms with E-state index in [0.717, 1.165) is 12.2 Å². The van der Waals surface area contributed by atoms with Gasteiger partial charge in [0.2, 0.25) is 11.8 Å². The molecule has 8 nitrogen and oxygen atoms in total. The molecule has 0 heterocycles. The van der Waals surface area contributed by atoms with Gasteiger partial charge in [-0.15, -0.1) is 0 Å². The van der Waals surface area contributed by atoms with Crippen molar-refractivity contribution in [1.82, 2.24) is 0 Å². The Bertz CT molecular complexity index is 434. The summed E-state index contributed by atoms with van der Waals surface area (Å²) in [4.78, 5) is 42.8. The van der Waals surface area contributed by atoms with Crippen LogP contribution in [-0.2, 0) is 19.2 Å². The van der Waals surface area contributed by atoms with Crippen molar-refractivity contribution in [3.8, 4) is 0 Å². The van der Waals surface area contributed by atoms with Crippen molar-refractivity contribution in [2.45, 2.75) is 25.7 Å². The highest BCUT2D eigenvalue weighted by Crippen LogP contribution is 2.13. The van der Waals surface area contributed by atoms with Crippen LogP contribution in [0.1, 0.15) is 25.7 Å². The van der Waals surface area contributed by atoms with Gasteiger partial charge < -0.3 is 21.7 Å². The molecule has 0 aliphatic rings. The highest BCUT2D eigenvalue weighted by molar-refractivity contribution is 5.97. The zero-order chi connectivity index (χ0) is 15.7. The van der Waals surface area contributed by atoms with Crippen LogP contribution in [-0.4, -0.2) is 34.0 Å². The van der Waals surface area contributed by atoms with Crippen molar-refractivity contribution in [1.29, 1.82) is 0 Å². The first-order chi connectivity index (χ1) is 9.23. The number of hydrogen-bond donors (Lipinski definition) is 4. The van der Waals surface area contributed by atoms with E-state index in [-0.39, 0.29) is 24.0 Å². The van der Waals surface area contributed by atoms with Crippen LogP contribution in [0.4, 0.5) is 0 Å². The largest absolute Gasteiger partial charge is 0.478 e. The molecule has 6 N–H and O–H groups in total. The molecule has 0 fully saturated rings. The van der Waals surface area contributed by atoms with E-state index >= 15 is 0 Å². The van der Waals surface area contributed by atoms with E-state index in [4.69, 9.17) is 21.7 Å². The van der Waals surface area contributed by atoms with Gasteiger partial charge in [0.25, 0.3) is 0 Å². The summed E-state index contributed by atoms with van der Waals surface area (Å²) in [5.74, 6) is -4.23. The Balaban J connectivity index is 4.43. The van der Waals surface area contributed by atoms with Gasteiger partial charge in [0.05, 0.1) is 0 Å². The van der Waals surface area contributed by atoms with Gasteiger partial charge in [-0.2, -0.15) is 0 Å². The summed E-state index contributed by atoms with van der Waals surface area (Å²) in [6.45, 7) is 0. The third kappa shape index (κ3) is 7.64. The molecular formula is C12H16N2O6. The average Bonchev–Trinajstić information content (AvgIpc) is 2.29. The van der Waals surface area contributed by atoms with Gasteiger partial charge in [-0.3, -0.25) is 9.59 Å². The summed E-state index contributed by atoms with van der Waals surface area (Å²) in [6, 6.07) is 0. The van der Waals surface area contributed by atoms with Gasteiger partial charge in [0, 0.05) is 23.3 Å². The fourth-order valence-corrected chi connectivity index (χ4v) is 1.46. The van der Waals surface area contributed by atoms with Crippen LogP contribution in [0.3, 0.4) is 0 Å². The van der Waals surface area contributed by atoms with Gasteiger partial charge in [-0.1, -0.05) is 0 Å². The molecule has 0 spiro atoms. The monoisotopic (exact) mass is 284 g/mol. The molecule has 0 unspecified atom stereocenters. The molecular weight excluding hydrogens is 268 g/mol. The normalized spacial score (nSPS) is 12.0. The Morgan fingerprint density at radius 2 is 1.05 bits per heavy atom. The Hall–Kier alpha value is -2.64. The summed E-state index contributed by atoms with van der Waals surface area (Å²) in [7, 11) is 0. The number of amides is 2. The van der Waals surface area contributed by atoms with Crippen molar-refractivity contribution < 1.29 is 29.4 Å². The minimum Gasteiger partial charge on any atom is -0.478 e. The molecule has 0 rings (SSSR count). The van der Waals surface area contributed by atoms with Crippen LogP contribution in [0.2, 0.25) is 0 Å². The minimum atomic E-state index is -1.25. The number of rotatable bonds is 9. The second-order valence-corrected chi connectivity index (χ2v) is 3.96. The van der Waals surface area contributed by atoms with Gasteiger partial charge in [-0.05, 0) is 25.7 Å². The van der Waals surface area contributed by atoms with Crippen LogP contribution in [0.5, 0.6) is 0 Å². The standard InChI is InChI=1S/C12H16N2O6/c13-9(15)5-7(11(17)18)3-1-2-4-8(12(19)20)6-10(14)16/h5-6H,1-4H2,(H2,13,15)(H2,14,16)(H,17,18)(H,19,20)/b7-5+,8-6+. The quantitative estimate of drug-likeness (QED) is 0.331. The minimum absolute atomic E-state index is 0.0712. The molecule has 0 aromatic carbocycles. The van der Waals surface area contributed by atoms with Gasteiger partial charge in [-0.25, -0.2) is 9.59 Å². The summed E-state index contributed by atoms with van der Waals surface area (Å²) in [6.07, 6.45) is 2.44. The molecule has 20 heavy (non-hydrogen) atoms. The maximum Gasteiger partial charge on any atom is 0.331 e. The summed E-state index contributed by atoms with van der Waals surface area (Å²) >= 11 is 0. The molecule has 0 aromatic heterocycles. The Morgan fingerprint density at radius 1 is 0.750 bits per heavy atom. The van der Waals surface area contributed by atoms with Crippen molar-refractivity contribution in [2.24, 2.45) is 11.5 Å². The molecule has 0 aliphatic carbocycles. The smallest absolute Gasteiger partial charge is 0.331 e. The van der Waals surface area contributed by atoms with Gasteiger partial charge in [0.15, 0.2) is 0 Å². The van der Waals surface area contributed by atoms with Crippen molar-refractivity contribution >= 4 is 23.8 Å². The number of unbranched alkanes of at least 4 members (excludes halogenated alkanes) is 1. The van der Waals surface area contributed by atoms with Crippen molar-refractivity contribution in [3.05, 3.63) is 23.3 Å². The first-order valence-corrected chi connectivity index (χ1v) is 5.70. The molecule has 8 heteroatoms. The molecule has 0 bridgehead atoms. The van der Waals surface area contributed by atoms with Crippen molar-refractivity contribution in [3.63, 3.8) is 0 Å². The van der Waals surface area contributed by atoms with Crippen molar-refractivity contribution in [2.75, 3.05) is 0 Å². The maximum absolute atomic E-state index is 10.8. The second kappa shape index (κ2) is 8.46. The Morgan fingerprint density at radius 3 is 1.25 bits per heavy atom. The zero-order valence-corrected chi connectivity index (χ0v) is 10.7. The number of carbonyl (C=O) groups excluding carboxylic acids is 2. The van der Waals surface area contributed by atoms with Crippen LogP contribution in [0, 0.1) is 0 Å². The lowest BCUT2D eigenvalue weighted by Crippen LogP contribution is -2.12. The first kappa shape index (κ1) is 17.4. The fourth-order valence-electron chi connectivity index (χ4n) is 1.46. The SMILES string of the molecule is NC(=O)/C=C(\CCCC/C(=C\C(N)=O)C(=O)O)C(=O)O. The second-order valence-electron chi connectivity index (χ2n) is 3.96. The number of hydrogen-bond acceptors (Lipinski definition) is 4. The van der Waals surface area contributed by atoms with E-state index in [9.17, 15) is 19.2 Å². The lowest BCUT2D eigenvalue weighted by Gasteiger charge is -2.03. The van der Waals surface area contributed by atoms with E-state index in [1.807, 2.05) is 0 Å². The lowest BCUT2D eigenvalue weighted by atomic mass is 10.0. The predicted molar refractivity (Wildman–Crippen MR) is 68.3 cm³/mol. The number of carboxylic acid groups (broad SMARTS) is 2. The first-order valence-electron chi connectivity index (χ1n) is 5.70. The van der Waals surface area contributed by atoms with Crippen LogP contribution in [0.25, 0.3) is 0 Å². The molecule has 0 atom stereocenters. The number of primary amides is 2. The third-order valence-electron chi connectivity index (χ3n) is 2.32. The maximum atomic E-state index is 10.8. The van der Waals surface area contributed by atoms with E-state index in [2.05, 4.69) is 0 Å². The van der Waals surface area contributed by atoms with E-state index < -0.39 is 23.8 Å². The van der Waals surface area contributed by atoms with Crippen LogP contribution < -0.4 is 11.5 Å². The fraction of sp³-hybridized carbons (Fsp3) is 0.333. The van der Waals surface area contributed by atoms with E-state index in [1.54, 1.807) is 0 Å². The number of aliphatic carboxylic acids is 2. The molecule has 2 amide bonds. The third-order valence-corrected chi connectivity index (χ3v) is 2.32. The number of carbonyl (C=O) groups is 4. The molecule has 0 saturated heterocycles. The Kier molecular flexibility index (Phi) is 7.34. The number of carboxylic acids is 2. The molecule has 0 saturated carbocycles. The van der Waals surface area contributed by atoms with E-state index in [0.29, 0.717) is 12.8 Å². The van der Waals surface area contributed by atoms with Gasteiger partial charge in [0.1, 0.15) is 0 Å². The van der Waals surface area contributed by atoms with Crippen LogP contribution >= 0.6 is 0 Å². The summed E-state index contributed by atoms with van der Waals surface area (Å²) in [5, 5.41) is 17.6. The predicted octanol–water partition coefficient (Wildman–Crippen LogP) is -0.461. The summed E-state index contributed by atoms with van der Waals surface area (Å²) < 4.78 is 0. The highest BCUT2D eigenvalue weighted by atomic mass is 16.4. The lowest BCUT2D eigenvalue weighted by molar-refractivity contribution is -0.134. The van der Waals surface area contributed by atoms with E-state index in [1.165, 1.54) is 0 Å². The van der Waals surface area contributed by atoms with Gasteiger partial charge >= 0.3 is 11.9 Å². The topological polar surface area (TPSA) is 161 Å². The summed E-state index contributed by atoms with van der Waals surface area (Å²) in [5.41, 5.74) is 9.43. The van der Waals surface area contributed by atoms with Crippen LogP contribution in [0.15, 0.2) is 23.3 Å². The average molecular weight is 284 g/mol. The molecule has 0 aliphatic heterocycles. The zero-order valence-electron chi connectivity index (χ0n) is 10.7. The number of nitrogens with two attached hydrogens (primary N) is 2. The molecule has 110 valence electrons. The molecule has 0 aromatic rings. The molecule has 0 radical (unpaired) electrons.